The first-order valence-electron chi connectivity index (χ1n) is 11.2. The van der Waals surface area contributed by atoms with E-state index in [0.29, 0.717) is 17.8 Å². The number of aliphatic hydroxyl groups is 2. The molecule has 0 saturated heterocycles. The highest BCUT2D eigenvalue weighted by Crippen LogP contribution is 2.65. The SMILES string of the molecule is C[C@@]12CC[C@@H]3[C@H](CC=C4C[C@@H](O)CC[C@@]43C)[C@H]1C/C(=C/c1ccccc1)[C@@H]2O. The number of fused-ring (bicyclic) bond motifs is 5. The van der Waals surface area contributed by atoms with Crippen LogP contribution in [0.1, 0.15) is 64.4 Å². The van der Waals surface area contributed by atoms with Crippen LogP contribution in [0.25, 0.3) is 6.08 Å². The van der Waals surface area contributed by atoms with E-state index in [1.165, 1.54) is 23.1 Å². The molecule has 0 aliphatic heterocycles. The summed E-state index contributed by atoms with van der Waals surface area (Å²) in [4.78, 5) is 0. The van der Waals surface area contributed by atoms with Crippen LogP contribution in [0.2, 0.25) is 0 Å². The summed E-state index contributed by atoms with van der Waals surface area (Å²) < 4.78 is 0. The summed E-state index contributed by atoms with van der Waals surface area (Å²) in [6, 6.07) is 10.5. The number of allylic oxidation sites excluding steroid dienone is 1. The second-order valence-electron chi connectivity index (χ2n) is 10.4. The van der Waals surface area contributed by atoms with E-state index in [9.17, 15) is 10.2 Å². The van der Waals surface area contributed by atoms with Crippen molar-refractivity contribution in [2.75, 3.05) is 0 Å². The lowest BCUT2D eigenvalue weighted by molar-refractivity contribution is -0.0685. The molecule has 0 spiro atoms. The van der Waals surface area contributed by atoms with Gasteiger partial charge in [0.1, 0.15) is 0 Å². The first kappa shape index (κ1) is 18.6. The van der Waals surface area contributed by atoms with Crippen molar-refractivity contribution < 1.29 is 10.2 Å². The molecule has 1 aromatic rings. The Labute approximate surface area is 169 Å². The third kappa shape index (κ3) is 2.68. The van der Waals surface area contributed by atoms with Gasteiger partial charge in [-0.25, -0.2) is 0 Å². The highest BCUT2D eigenvalue weighted by atomic mass is 16.3. The Morgan fingerprint density at radius 1 is 0.964 bits per heavy atom. The van der Waals surface area contributed by atoms with E-state index < -0.39 is 0 Å². The Balaban J connectivity index is 1.47. The second kappa shape index (κ2) is 6.57. The minimum absolute atomic E-state index is 0.0116. The van der Waals surface area contributed by atoms with E-state index in [0.717, 1.165) is 38.5 Å². The number of hydrogen-bond acceptors (Lipinski definition) is 2. The molecule has 150 valence electrons. The van der Waals surface area contributed by atoms with Crippen molar-refractivity contribution in [3.8, 4) is 0 Å². The quantitative estimate of drug-likeness (QED) is 0.646. The molecule has 4 aliphatic rings. The van der Waals surface area contributed by atoms with Gasteiger partial charge in [-0.3, -0.25) is 0 Å². The lowest BCUT2D eigenvalue weighted by Crippen LogP contribution is -2.51. The van der Waals surface area contributed by atoms with E-state index >= 15 is 0 Å². The van der Waals surface area contributed by atoms with E-state index in [1.807, 2.05) is 6.07 Å². The van der Waals surface area contributed by atoms with Gasteiger partial charge in [0.2, 0.25) is 0 Å². The van der Waals surface area contributed by atoms with Crippen molar-refractivity contribution in [1.82, 2.24) is 0 Å². The zero-order chi connectivity index (χ0) is 19.5. The van der Waals surface area contributed by atoms with Crippen molar-refractivity contribution in [2.45, 2.75) is 71.0 Å². The molecule has 5 rings (SSSR count). The zero-order valence-electron chi connectivity index (χ0n) is 17.3. The van der Waals surface area contributed by atoms with Crippen LogP contribution in [0.5, 0.6) is 0 Å². The highest BCUT2D eigenvalue weighted by molar-refractivity contribution is 5.55. The monoisotopic (exact) mass is 378 g/mol. The standard InChI is InChI=1S/C26H34O2/c1-25-12-10-20(27)16-19(25)8-9-21-22(25)11-13-26(2)23(21)15-18(24(26)28)14-17-6-4-3-5-7-17/h3-8,14,20-24,27-28H,9-13,15-16H2,1-2H3/b18-14-/t20-,21-,22+,23+,24-,25-,26+/m0/s1. The van der Waals surface area contributed by atoms with Gasteiger partial charge in [0, 0.05) is 5.41 Å². The number of benzene rings is 1. The van der Waals surface area contributed by atoms with Gasteiger partial charge in [0.25, 0.3) is 0 Å². The molecule has 0 radical (unpaired) electrons. The normalized spacial score (nSPS) is 46.5. The number of aliphatic hydroxyl groups excluding tert-OH is 2. The van der Waals surface area contributed by atoms with Gasteiger partial charge in [-0.05, 0) is 79.3 Å². The zero-order valence-corrected chi connectivity index (χ0v) is 17.3. The van der Waals surface area contributed by atoms with Crippen LogP contribution in [-0.2, 0) is 0 Å². The molecule has 3 saturated carbocycles. The molecule has 0 unspecified atom stereocenters. The molecule has 7 atom stereocenters. The van der Waals surface area contributed by atoms with E-state index in [2.05, 4.69) is 50.3 Å². The molecule has 4 aliphatic carbocycles. The van der Waals surface area contributed by atoms with Crippen molar-refractivity contribution in [3.63, 3.8) is 0 Å². The molecule has 0 bridgehead atoms. The maximum absolute atomic E-state index is 11.3. The minimum Gasteiger partial charge on any atom is -0.393 e. The summed E-state index contributed by atoms with van der Waals surface area (Å²) >= 11 is 0. The molecule has 2 heteroatoms. The molecule has 0 aromatic heterocycles. The molecular formula is C26H34O2. The Morgan fingerprint density at radius 3 is 2.54 bits per heavy atom. The van der Waals surface area contributed by atoms with Crippen LogP contribution >= 0.6 is 0 Å². The van der Waals surface area contributed by atoms with Gasteiger partial charge in [0.05, 0.1) is 12.2 Å². The van der Waals surface area contributed by atoms with Crippen LogP contribution < -0.4 is 0 Å². The molecular weight excluding hydrogens is 344 g/mol. The third-order valence-electron chi connectivity index (χ3n) is 9.10. The largest absolute Gasteiger partial charge is 0.393 e. The maximum atomic E-state index is 11.3. The molecule has 0 heterocycles. The molecule has 2 nitrogen and oxygen atoms in total. The van der Waals surface area contributed by atoms with Crippen molar-refractivity contribution >= 4 is 6.08 Å². The first-order valence-corrected chi connectivity index (χ1v) is 11.2. The average Bonchev–Trinajstić information content (AvgIpc) is 2.94. The van der Waals surface area contributed by atoms with Crippen molar-refractivity contribution in [2.24, 2.45) is 28.6 Å². The fourth-order valence-electron chi connectivity index (χ4n) is 7.40. The second-order valence-corrected chi connectivity index (χ2v) is 10.4. The smallest absolute Gasteiger partial charge is 0.0809 e. The molecule has 2 N–H and O–H groups in total. The Morgan fingerprint density at radius 2 is 1.75 bits per heavy atom. The topological polar surface area (TPSA) is 40.5 Å². The maximum Gasteiger partial charge on any atom is 0.0809 e. The Bertz CT molecular complexity index is 809. The van der Waals surface area contributed by atoms with E-state index in [1.54, 1.807) is 0 Å². The molecule has 1 aromatic carbocycles. The molecule has 0 amide bonds. The number of hydrogen-bond donors (Lipinski definition) is 2. The average molecular weight is 379 g/mol. The van der Waals surface area contributed by atoms with Crippen LogP contribution in [0, 0.1) is 28.6 Å². The van der Waals surface area contributed by atoms with Crippen LogP contribution in [-0.4, -0.2) is 22.4 Å². The van der Waals surface area contributed by atoms with Crippen molar-refractivity contribution in [1.29, 1.82) is 0 Å². The summed E-state index contributed by atoms with van der Waals surface area (Å²) in [7, 11) is 0. The summed E-state index contributed by atoms with van der Waals surface area (Å²) in [6.07, 6.45) is 11.7. The van der Waals surface area contributed by atoms with E-state index in [-0.39, 0.29) is 23.0 Å². The highest BCUT2D eigenvalue weighted by Gasteiger charge is 2.59. The predicted octanol–water partition coefficient (Wildman–Crippen LogP) is 5.36. The lowest BCUT2D eigenvalue weighted by atomic mass is 9.48. The van der Waals surface area contributed by atoms with Gasteiger partial charge in [-0.15, -0.1) is 0 Å². The summed E-state index contributed by atoms with van der Waals surface area (Å²) in [6.45, 7) is 4.81. The van der Waals surface area contributed by atoms with Gasteiger partial charge in [-0.1, -0.05) is 61.9 Å². The lowest BCUT2D eigenvalue weighted by Gasteiger charge is -2.57. The van der Waals surface area contributed by atoms with Crippen LogP contribution in [0.4, 0.5) is 0 Å². The van der Waals surface area contributed by atoms with Crippen LogP contribution in [0.3, 0.4) is 0 Å². The predicted molar refractivity (Wildman–Crippen MR) is 114 cm³/mol. The van der Waals surface area contributed by atoms with E-state index in [4.69, 9.17) is 0 Å². The van der Waals surface area contributed by atoms with Gasteiger partial charge in [0.15, 0.2) is 0 Å². The summed E-state index contributed by atoms with van der Waals surface area (Å²) in [5.41, 5.74) is 4.24. The fourth-order valence-corrected chi connectivity index (χ4v) is 7.40. The fraction of sp³-hybridized carbons (Fsp3) is 0.615. The van der Waals surface area contributed by atoms with Gasteiger partial charge >= 0.3 is 0 Å². The summed E-state index contributed by atoms with van der Waals surface area (Å²) in [5, 5.41) is 21.5. The first-order chi connectivity index (χ1) is 13.4. The van der Waals surface area contributed by atoms with Gasteiger partial charge < -0.3 is 10.2 Å². The molecule has 28 heavy (non-hydrogen) atoms. The van der Waals surface area contributed by atoms with Crippen molar-refractivity contribution in [3.05, 3.63) is 53.1 Å². The van der Waals surface area contributed by atoms with Crippen LogP contribution in [0.15, 0.2) is 47.6 Å². The van der Waals surface area contributed by atoms with Gasteiger partial charge in [-0.2, -0.15) is 0 Å². The Kier molecular flexibility index (Phi) is 4.37. The molecule has 3 fully saturated rings. The number of rotatable bonds is 1. The summed E-state index contributed by atoms with van der Waals surface area (Å²) in [5.74, 6) is 1.94. The Hall–Kier alpha value is -1.38. The third-order valence-corrected chi connectivity index (χ3v) is 9.10. The minimum atomic E-state index is -0.315.